The van der Waals surface area contributed by atoms with Crippen LogP contribution in [0.2, 0.25) is 0 Å². The number of hydrogen-bond donors (Lipinski definition) is 1. The molecule has 0 unspecified atom stereocenters. The lowest BCUT2D eigenvalue weighted by Gasteiger charge is -1.99. The van der Waals surface area contributed by atoms with Crippen LogP contribution in [0.15, 0.2) is 42.5 Å². The van der Waals surface area contributed by atoms with Crippen LogP contribution in [0.4, 0.5) is 0 Å². The standard InChI is InChI=1S/C16H17N/c17-13-6-2-1-3-8-14-10-7-11-15-9-4-5-12-16(14)15/h4-5,7,9-12H,1-2,6,13,17H2. The van der Waals surface area contributed by atoms with Crippen molar-refractivity contribution < 1.29 is 0 Å². The molecular formula is C16H17N. The molecule has 1 nitrogen and oxygen atoms in total. The number of benzene rings is 2. The Balaban J connectivity index is 2.18. The van der Waals surface area contributed by atoms with Crippen molar-refractivity contribution in [2.75, 3.05) is 6.54 Å². The van der Waals surface area contributed by atoms with Crippen molar-refractivity contribution in [3.63, 3.8) is 0 Å². The molecule has 2 rings (SSSR count). The van der Waals surface area contributed by atoms with E-state index in [0.717, 1.165) is 31.4 Å². The minimum absolute atomic E-state index is 0.760. The Morgan fingerprint density at radius 3 is 2.65 bits per heavy atom. The van der Waals surface area contributed by atoms with Crippen molar-refractivity contribution in [2.45, 2.75) is 19.3 Å². The quantitative estimate of drug-likeness (QED) is 0.627. The summed E-state index contributed by atoms with van der Waals surface area (Å²) < 4.78 is 0. The molecule has 2 aromatic rings. The number of hydrogen-bond acceptors (Lipinski definition) is 1. The highest BCUT2D eigenvalue weighted by Crippen LogP contribution is 2.17. The van der Waals surface area contributed by atoms with E-state index in [2.05, 4.69) is 54.3 Å². The van der Waals surface area contributed by atoms with Crippen LogP contribution >= 0.6 is 0 Å². The van der Waals surface area contributed by atoms with Crippen LogP contribution in [0, 0.1) is 11.8 Å². The zero-order valence-corrected chi connectivity index (χ0v) is 9.95. The van der Waals surface area contributed by atoms with Gasteiger partial charge in [0.25, 0.3) is 0 Å². The first-order chi connectivity index (χ1) is 8.42. The summed E-state index contributed by atoms with van der Waals surface area (Å²) in [6, 6.07) is 14.6. The van der Waals surface area contributed by atoms with Gasteiger partial charge in [-0.05, 0) is 36.2 Å². The molecule has 1 heteroatoms. The molecule has 0 heterocycles. The van der Waals surface area contributed by atoms with E-state index in [1.165, 1.54) is 10.8 Å². The van der Waals surface area contributed by atoms with Crippen LogP contribution in [-0.2, 0) is 0 Å². The number of nitrogens with two attached hydrogens (primary N) is 1. The fraction of sp³-hybridized carbons (Fsp3) is 0.250. The van der Waals surface area contributed by atoms with Gasteiger partial charge < -0.3 is 5.73 Å². The summed E-state index contributed by atoms with van der Waals surface area (Å²) in [6.07, 6.45) is 3.08. The molecule has 0 bridgehead atoms. The number of rotatable bonds is 3. The third kappa shape index (κ3) is 3.09. The summed E-state index contributed by atoms with van der Waals surface area (Å²) in [4.78, 5) is 0. The highest BCUT2D eigenvalue weighted by molar-refractivity contribution is 5.88. The van der Waals surface area contributed by atoms with Crippen LogP contribution in [0.1, 0.15) is 24.8 Å². The van der Waals surface area contributed by atoms with Gasteiger partial charge in [-0.25, -0.2) is 0 Å². The molecule has 0 aliphatic carbocycles. The van der Waals surface area contributed by atoms with E-state index in [-0.39, 0.29) is 0 Å². The topological polar surface area (TPSA) is 26.0 Å². The fourth-order valence-corrected chi connectivity index (χ4v) is 1.85. The van der Waals surface area contributed by atoms with Gasteiger partial charge in [0, 0.05) is 12.0 Å². The molecule has 0 radical (unpaired) electrons. The summed E-state index contributed by atoms with van der Waals surface area (Å²) in [7, 11) is 0. The van der Waals surface area contributed by atoms with Gasteiger partial charge in [0.2, 0.25) is 0 Å². The molecular weight excluding hydrogens is 206 g/mol. The van der Waals surface area contributed by atoms with E-state index in [0.29, 0.717) is 0 Å². The van der Waals surface area contributed by atoms with Crippen molar-refractivity contribution in [2.24, 2.45) is 5.73 Å². The van der Waals surface area contributed by atoms with Crippen LogP contribution in [0.3, 0.4) is 0 Å². The Labute approximate surface area is 103 Å². The molecule has 0 aliphatic rings. The summed E-state index contributed by atoms with van der Waals surface area (Å²) >= 11 is 0. The largest absolute Gasteiger partial charge is 0.330 e. The fourth-order valence-electron chi connectivity index (χ4n) is 1.85. The van der Waals surface area contributed by atoms with Crippen LogP contribution in [0.5, 0.6) is 0 Å². The van der Waals surface area contributed by atoms with Gasteiger partial charge >= 0.3 is 0 Å². The third-order valence-corrected chi connectivity index (χ3v) is 2.77. The molecule has 2 N–H and O–H groups in total. The lowest BCUT2D eigenvalue weighted by atomic mass is 10.0. The highest BCUT2D eigenvalue weighted by atomic mass is 14.5. The van der Waals surface area contributed by atoms with Gasteiger partial charge in [-0.2, -0.15) is 0 Å². The van der Waals surface area contributed by atoms with Gasteiger partial charge in [-0.1, -0.05) is 48.2 Å². The molecule has 0 spiro atoms. The monoisotopic (exact) mass is 223 g/mol. The normalized spacial score (nSPS) is 9.94. The molecule has 0 aromatic heterocycles. The van der Waals surface area contributed by atoms with Gasteiger partial charge in [0.05, 0.1) is 0 Å². The van der Waals surface area contributed by atoms with E-state index < -0.39 is 0 Å². The molecule has 0 fully saturated rings. The zero-order chi connectivity index (χ0) is 11.9. The maximum absolute atomic E-state index is 5.45. The minimum Gasteiger partial charge on any atom is -0.330 e. The first kappa shape index (κ1) is 11.7. The van der Waals surface area contributed by atoms with E-state index >= 15 is 0 Å². The number of fused-ring (bicyclic) bond motifs is 1. The van der Waals surface area contributed by atoms with Gasteiger partial charge in [0.15, 0.2) is 0 Å². The second-order valence-corrected chi connectivity index (χ2v) is 4.07. The summed E-state index contributed by atoms with van der Waals surface area (Å²) in [5.74, 6) is 6.48. The van der Waals surface area contributed by atoms with Crippen molar-refractivity contribution in [3.8, 4) is 11.8 Å². The Morgan fingerprint density at radius 2 is 1.76 bits per heavy atom. The lowest BCUT2D eigenvalue weighted by Crippen LogP contribution is -1.96. The van der Waals surface area contributed by atoms with E-state index in [1.807, 2.05) is 0 Å². The Hall–Kier alpha value is -1.78. The van der Waals surface area contributed by atoms with Crippen LogP contribution in [-0.4, -0.2) is 6.54 Å². The molecule has 86 valence electrons. The molecule has 2 aromatic carbocycles. The van der Waals surface area contributed by atoms with Gasteiger partial charge in [-0.15, -0.1) is 0 Å². The van der Waals surface area contributed by atoms with E-state index in [1.54, 1.807) is 0 Å². The first-order valence-electron chi connectivity index (χ1n) is 6.08. The van der Waals surface area contributed by atoms with Crippen molar-refractivity contribution in [3.05, 3.63) is 48.0 Å². The number of unbranched alkanes of at least 4 members (excludes halogenated alkanes) is 2. The average Bonchev–Trinajstić information content (AvgIpc) is 2.39. The van der Waals surface area contributed by atoms with Crippen LogP contribution < -0.4 is 5.73 Å². The minimum atomic E-state index is 0.760. The molecule has 0 aliphatic heterocycles. The lowest BCUT2D eigenvalue weighted by molar-refractivity contribution is 0.768. The predicted molar refractivity (Wildman–Crippen MR) is 73.7 cm³/mol. The SMILES string of the molecule is NCCCCC#Cc1cccc2ccccc12. The van der Waals surface area contributed by atoms with E-state index in [4.69, 9.17) is 5.73 Å². The molecule has 0 atom stereocenters. The maximum atomic E-state index is 5.45. The van der Waals surface area contributed by atoms with Crippen molar-refractivity contribution in [1.82, 2.24) is 0 Å². The maximum Gasteiger partial charge on any atom is 0.0323 e. The Bertz CT molecular complexity index is 541. The Morgan fingerprint density at radius 1 is 0.941 bits per heavy atom. The summed E-state index contributed by atoms with van der Waals surface area (Å²) in [5, 5.41) is 2.49. The van der Waals surface area contributed by atoms with E-state index in [9.17, 15) is 0 Å². The zero-order valence-electron chi connectivity index (χ0n) is 9.95. The summed E-state index contributed by atoms with van der Waals surface area (Å²) in [5.41, 5.74) is 6.57. The molecule has 17 heavy (non-hydrogen) atoms. The van der Waals surface area contributed by atoms with Crippen molar-refractivity contribution in [1.29, 1.82) is 0 Å². The van der Waals surface area contributed by atoms with Gasteiger partial charge in [-0.3, -0.25) is 0 Å². The average molecular weight is 223 g/mol. The third-order valence-electron chi connectivity index (χ3n) is 2.77. The van der Waals surface area contributed by atoms with Gasteiger partial charge in [0.1, 0.15) is 0 Å². The smallest absolute Gasteiger partial charge is 0.0323 e. The second-order valence-electron chi connectivity index (χ2n) is 4.07. The molecule has 0 saturated carbocycles. The molecule has 0 saturated heterocycles. The second kappa shape index (κ2) is 6.08. The van der Waals surface area contributed by atoms with Crippen molar-refractivity contribution >= 4 is 10.8 Å². The highest BCUT2D eigenvalue weighted by Gasteiger charge is 1.95. The Kier molecular flexibility index (Phi) is 4.18. The summed E-state index contributed by atoms with van der Waals surface area (Å²) in [6.45, 7) is 0.760. The molecule has 0 amide bonds. The van der Waals surface area contributed by atoms with Crippen LogP contribution in [0.25, 0.3) is 10.8 Å². The predicted octanol–water partition coefficient (Wildman–Crippen LogP) is 3.32. The first-order valence-corrected chi connectivity index (χ1v) is 6.08.